The lowest BCUT2D eigenvalue weighted by atomic mass is 9.99. The molecule has 0 radical (unpaired) electrons. The molecule has 5 heteroatoms. The molecule has 0 atom stereocenters. The second-order valence-corrected chi connectivity index (χ2v) is 5.93. The molecule has 0 unspecified atom stereocenters. The zero-order valence-corrected chi connectivity index (χ0v) is 13.2. The van der Waals surface area contributed by atoms with Crippen molar-refractivity contribution in [2.45, 2.75) is 44.9 Å². The summed E-state index contributed by atoms with van der Waals surface area (Å²) in [6.07, 6.45) is 5.23. The molecule has 0 aromatic carbocycles. The molecule has 0 saturated heterocycles. The standard InChI is InChI=1S/C17H22N2O3/c1-3-9-19(10-4-2)16(20)17(7-8-17)15-12-14(22-18-15)13-6-5-11-21-13/h5-6,11-12H,3-4,7-10H2,1-2H3. The zero-order chi connectivity index (χ0) is 15.6. The number of amides is 1. The summed E-state index contributed by atoms with van der Waals surface area (Å²) in [5.74, 6) is 1.41. The minimum Gasteiger partial charge on any atom is -0.461 e. The minimum atomic E-state index is -0.474. The van der Waals surface area contributed by atoms with Gasteiger partial charge in [-0.25, -0.2) is 0 Å². The molecule has 1 saturated carbocycles. The molecular formula is C17H22N2O3. The topological polar surface area (TPSA) is 59.5 Å². The van der Waals surface area contributed by atoms with Crippen molar-refractivity contribution in [1.82, 2.24) is 10.1 Å². The van der Waals surface area contributed by atoms with Gasteiger partial charge in [0.25, 0.3) is 0 Å². The number of hydrogen-bond donors (Lipinski definition) is 0. The van der Waals surface area contributed by atoms with Crippen molar-refractivity contribution in [2.75, 3.05) is 13.1 Å². The molecule has 1 amide bonds. The summed E-state index contributed by atoms with van der Waals surface area (Å²) in [5, 5.41) is 4.15. The van der Waals surface area contributed by atoms with Crippen molar-refractivity contribution in [2.24, 2.45) is 0 Å². The number of rotatable bonds is 7. The third-order valence-corrected chi connectivity index (χ3v) is 4.20. The van der Waals surface area contributed by atoms with Gasteiger partial charge in [-0.05, 0) is 37.8 Å². The molecule has 22 heavy (non-hydrogen) atoms. The predicted molar refractivity (Wildman–Crippen MR) is 82.3 cm³/mol. The van der Waals surface area contributed by atoms with E-state index in [0.717, 1.165) is 44.5 Å². The van der Waals surface area contributed by atoms with Crippen LogP contribution in [0.15, 0.2) is 33.4 Å². The van der Waals surface area contributed by atoms with Gasteiger partial charge in [-0.15, -0.1) is 0 Å². The Hall–Kier alpha value is -2.04. The van der Waals surface area contributed by atoms with E-state index >= 15 is 0 Å². The summed E-state index contributed by atoms with van der Waals surface area (Å²) in [4.78, 5) is 14.9. The largest absolute Gasteiger partial charge is 0.461 e. The van der Waals surface area contributed by atoms with Gasteiger partial charge in [0.15, 0.2) is 5.76 Å². The third-order valence-electron chi connectivity index (χ3n) is 4.20. The number of hydrogen-bond acceptors (Lipinski definition) is 4. The van der Waals surface area contributed by atoms with Gasteiger partial charge >= 0.3 is 0 Å². The predicted octanol–water partition coefficient (Wildman–Crippen LogP) is 3.61. The second-order valence-electron chi connectivity index (χ2n) is 5.93. The molecular weight excluding hydrogens is 280 g/mol. The van der Waals surface area contributed by atoms with Crippen LogP contribution in [0.2, 0.25) is 0 Å². The van der Waals surface area contributed by atoms with E-state index in [2.05, 4.69) is 19.0 Å². The maximum absolute atomic E-state index is 12.9. The molecule has 3 rings (SSSR count). The summed E-state index contributed by atoms with van der Waals surface area (Å²) in [6, 6.07) is 5.48. The van der Waals surface area contributed by atoms with Gasteiger partial charge < -0.3 is 13.8 Å². The van der Waals surface area contributed by atoms with Crippen LogP contribution in [0.3, 0.4) is 0 Å². The minimum absolute atomic E-state index is 0.190. The van der Waals surface area contributed by atoms with E-state index in [-0.39, 0.29) is 5.91 Å². The molecule has 5 nitrogen and oxygen atoms in total. The van der Waals surface area contributed by atoms with Gasteiger partial charge in [0.2, 0.25) is 11.7 Å². The van der Waals surface area contributed by atoms with E-state index in [1.165, 1.54) is 0 Å². The first-order valence-corrected chi connectivity index (χ1v) is 8.01. The summed E-state index contributed by atoms with van der Waals surface area (Å²) in [6.45, 7) is 5.80. The zero-order valence-electron chi connectivity index (χ0n) is 13.2. The van der Waals surface area contributed by atoms with Crippen molar-refractivity contribution < 1.29 is 13.7 Å². The normalized spacial score (nSPS) is 15.7. The third kappa shape index (κ3) is 2.56. The average Bonchev–Trinajstić information content (AvgIpc) is 2.94. The van der Waals surface area contributed by atoms with Crippen LogP contribution in [0.1, 0.15) is 45.2 Å². The summed E-state index contributed by atoms with van der Waals surface area (Å²) < 4.78 is 10.7. The highest BCUT2D eigenvalue weighted by atomic mass is 16.5. The first kappa shape index (κ1) is 14.9. The van der Waals surface area contributed by atoms with Gasteiger partial charge in [0.05, 0.1) is 17.4 Å². The Morgan fingerprint density at radius 2 is 2.00 bits per heavy atom. The lowest BCUT2D eigenvalue weighted by Gasteiger charge is -2.25. The fourth-order valence-corrected chi connectivity index (χ4v) is 2.90. The number of furan rings is 1. The molecule has 2 aromatic rings. The van der Waals surface area contributed by atoms with Crippen molar-refractivity contribution >= 4 is 5.91 Å². The molecule has 2 aromatic heterocycles. The van der Waals surface area contributed by atoms with E-state index in [1.807, 2.05) is 17.0 Å². The Morgan fingerprint density at radius 3 is 2.55 bits per heavy atom. The quantitative estimate of drug-likeness (QED) is 0.784. The molecule has 0 bridgehead atoms. The SMILES string of the molecule is CCCN(CCC)C(=O)C1(c2cc(-c3ccco3)on2)CC1. The van der Waals surface area contributed by atoms with E-state index in [9.17, 15) is 4.79 Å². The van der Waals surface area contributed by atoms with Crippen molar-refractivity contribution in [3.8, 4) is 11.5 Å². The Kier molecular flexibility index (Phi) is 4.05. The van der Waals surface area contributed by atoms with Gasteiger partial charge in [-0.1, -0.05) is 19.0 Å². The smallest absolute Gasteiger partial charge is 0.234 e. The van der Waals surface area contributed by atoms with Gasteiger partial charge in [-0.2, -0.15) is 0 Å². The van der Waals surface area contributed by atoms with Gasteiger partial charge in [-0.3, -0.25) is 4.79 Å². The van der Waals surface area contributed by atoms with Crippen molar-refractivity contribution in [1.29, 1.82) is 0 Å². The van der Waals surface area contributed by atoms with Crippen molar-refractivity contribution in [3.63, 3.8) is 0 Å². The lowest BCUT2D eigenvalue weighted by molar-refractivity contribution is -0.134. The van der Waals surface area contributed by atoms with E-state index in [1.54, 1.807) is 12.3 Å². The summed E-state index contributed by atoms with van der Waals surface area (Å²) in [7, 11) is 0. The Morgan fingerprint density at radius 1 is 1.27 bits per heavy atom. The molecule has 0 aliphatic heterocycles. The molecule has 0 spiro atoms. The highest BCUT2D eigenvalue weighted by Crippen LogP contribution is 2.49. The fraction of sp³-hybridized carbons (Fsp3) is 0.529. The molecule has 2 heterocycles. The first-order chi connectivity index (χ1) is 10.7. The molecule has 1 aliphatic carbocycles. The van der Waals surface area contributed by atoms with E-state index in [0.29, 0.717) is 11.5 Å². The monoisotopic (exact) mass is 302 g/mol. The average molecular weight is 302 g/mol. The van der Waals surface area contributed by atoms with Crippen LogP contribution in [0.5, 0.6) is 0 Å². The van der Waals surface area contributed by atoms with Gasteiger partial charge in [0.1, 0.15) is 0 Å². The van der Waals surface area contributed by atoms with Crippen LogP contribution in [0.25, 0.3) is 11.5 Å². The van der Waals surface area contributed by atoms with Crippen LogP contribution >= 0.6 is 0 Å². The highest BCUT2D eigenvalue weighted by Gasteiger charge is 2.55. The maximum atomic E-state index is 12.9. The first-order valence-electron chi connectivity index (χ1n) is 8.01. The maximum Gasteiger partial charge on any atom is 0.234 e. The number of aromatic nitrogens is 1. The molecule has 1 fully saturated rings. The lowest BCUT2D eigenvalue weighted by Crippen LogP contribution is -2.40. The van der Waals surface area contributed by atoms with Crippen molar-refractivity contribution in [3.05, 3.63) is 30.2 Å². The van der Waals surface area contributed by atoms with E-state index < -0.39 is 5.41 Å². The Labute approximate surface area is 130 Å². The number of carbonyl (C=O) groups excluding carboxylic acids is 1. The van der Waals surface area contributed by atoms with Crippen LogP contribution in [-0.2, 0) is 10.2 Å². The van der Waals surface area contributed by atoms with Crippen LogP contribution < -0.4 is 0 Å². The fourth-order valence-electron chi connectivity index (χ4n) is 2.90. The van der Waals surface area contributed by atoms with Crippen LogP contribution in [0, 0.1) is 0 Å². The Balaban J connectivity index is 1.82. The van der Waals surface area contributed by atoms with Crippen LogP contribution in [0.4, 0.5) is 0 Å². The molecule has 118 valence electrons. The van der Waals surface area contributed by atoms with Gasteiger partial charge in [0, 0.05) is 19.2 Å². The van der Waals surface area contributed by atoms with E-state index in [4.69, 9.17) is 8.94 Å². The summed E-state index contributed by atoms with van der Waals surface area (Å²) in [5.41, 5.74) is 0.264. The highest BCUT2D eigenvalue weighted by molar-refractivity contribution is 5.91. The Bertz CT molecular complexity index is 620. The number of nitrogens with zero attached hydrogens (tertiary/aromatic N) is 2. The molecule has 1 aliphatic rings. The van der Waals surface area contributed by atoms with Crippen LogP contribution in [-0.4, -0.2) is 29.1 Å². The second kappa shape index (κ2) is 5.99. The summed E-state index contributed by atoms with van der Waals surface area (Å²) >= 11 is 0. The molecule has 0 N–H and O–H groups in total. The number of carbonyl (C=O) groups is 1.